The Morgan fingerprint density at radius 1 is 1.24 bits per heavy atom. The molecule has 1 saturated carbocycles. The van der Waals surface area contributed by atoms with Crippen molar-refractivity contribution in [3.63, 3.8) is 0 Å². The Kier molecular flexibility index (Phi) is 6.33. The van der Waals surface area contributed by atoms with E-state index in [1.807, 2.05) is 0 Å². The van der Waals surface area contributed by atoms with Gasteiger partial charge in [-0.05, 0) is 31.9 Å². The third-order valence-electron chi connectivity index (χ3n) is 5.69. The van der Waals surface area contributed by atoms with Gasteiger partial charge in [0.25, 0.3) is 5.91 Å². The molecule has 3 aromatic rings. The lowest BCUT2D eigenvalue weighted by atomic mass is 10.2. The smallest absolute Gasteiger partial charge is 0.269 e. The van der Waals surface area contributed by atoms with Gasteiger partial charge in [-0.1, -0.05) is 41.9 Å². The number of nitrogens with two attached hydrogens (primary N) is 1. The number of aromatic nitrogens is 2. The number of amides is 3. The number of para-hydroxylation sites is 1. The van der Waals surface area contributed by atoms with Crippen LogP contribution in [0.3, 0.4) is 0 Å². The van der Waals surface area contributed by atoms with Crippen LogP contribution < -0.4 is 11.1 Å². The SMILES string of the molecule is C[C@@H](C(=O)NCc1cccc(Cl)c1F)N(C(=O)Cn1nc(C(N)=O)c2ccccc21)C1CC1. The number of hydrogen-bond donors (Lipinski definition) is 2. The fourth-order valence-corrected chi connectivity index (χ4v) is 4.06. The number of primary amides is 1. The van der Waals surface area contributed by atoms with Crippen LogP contribution in [0.15, 0.2) is 42.5 Å². The van der Waals surface area contributed by atoms with Gasteiger partial charge in [-0.15, -0.1) is 0 Å². The lowest BCUT2D eigenvalue weighted by Gasteiger charge is -2.28. The predicted molar refractivity (Wildman–Crippen MR) is 121 cm³/mol. The summed E-state index contributed by atoms with van der Waals surface area (Å²) in [4.78, 5) is 39.3. The third kappa shape index (κ3) is 4.68. The second-order valence-electron chi connectivity index (χ2n) is 8.03. The van der Waals surface area contributed by atoms with E-state index in [0.717, 1.165) is 12.8 Å². The zero-order valence-electron chi connectivity index (χ0n) is 17.9. The molecule has 1 fully saturated rings. The summed E-state index contributed by atoms with van der Waals surface area (Å²) in [6, 6.07) is 10.7. The fourth-order valence-electron chi connectivity index (χ4n) is 3.87. The maximum Gasteiger partial charge on any atom is 0.269 e. The second kappa shape index (κ2) is 9.19. The van der Waals surface area contributed by atoms with Gasteiger partial charge >= 0.3 is 0 Å². The molecule has 33 heavy (non-hydrogen) atoms. The number of hydrogen-bond acceptors (Lipinski definition) is 4. The molecule has 1 aromatic heterocycles. The number of halogens is 2. The molecule has 0 bridgehead atoms. The topological polar surface area (TPSA) is 110 Å². The summed E-state index contributed by atoms with van der Waals surface area (Å²) in [5, 5.41) is 7.45. The number of nitrogens with one attached hydrogen (secondary N) is 1. The van der Waals surface area contributed by atoms with Gasteiger partial charge in [0, 0.05) is 23.5 Å². The van der Waals surface area contributed by atoms with E-state index in [0.29, 0.717) is 10.9 Å². The molecule has 4 rings (SSSR count). The Balaban J connectivity index is 1.50. The standard InChI is InChI=1S/C23H23ClFN5O3/c1-13(23(33)27-11-14-5-4-7-17(24)20(14)25)30(15-9-10-15)19(31)12-29-18-8-3-2-6-16(18)21(28-29)22(26)32/h2-8,13,15H,9-12H2,1H3,(H2,26,32)(H,27,33)/t13-/m0/s1. The molecule has 3 amide bonds. The highest BCUT2D eigenvalue weighted by atomic mass is 35.5. The minimum absolute atomic E-state index is 0.0219. The van der Waals surface area contributed by atoms with Crippen molar-refractivity contribution in [2.45, 2.75) is 44.9 Å². The Labute approximate surface area is 194 Å². The fraction of sp³-hybridized carbons (Fsp3) is 0.304. The van der Waals surface area contributed by atoms with E-state index >= 15 is 0 Å². The highest BCUT2D eigenvalue weighted by Crippen LogP contribution is 2.29. The van der Waals surface area contributed by atoms with Gasteiger partial charge in [-0.3, -0.25) is 19.1 Å². The van der Waals surface area contributed by atoms with Gasteiger partial charge in [0.15, 0.2) is 5.69 Å². The second-order valence-corrected chi connectivity index (χ2v) is 8.43. The summed E-state index contributed by atoms with van der Waals surface area (Å²) in [5.41, 5.74) is 6.38. The summed E-state index contributed by atoms with van der Waals surface area (Å²) in [6.07, 6.45) is 1.58. The first kappa shape index (κ1) is 22.7. The quantitative estimate of drug-likeness (QED) is 0.526. The first-order valence-electron chi connectivity index (χ1n) is 10.5. The Bertz CT molecular complexity index is 1240. The van der Waals surface area contributed by atoms with E-state index < -0.39 is 23.7 Å². The average molecular weight is 472 g/mol. The molecular formula is C23H23ClFN5O3. The van der Waals surface area contributed by atoms with Gasteiger partial charge in [0.05, 0.1) is 10.5 Å². The van der Waals surface area contributed by atoms with E-state index in [-0.39, 0.29) is 41.3 Å². The Hall–Kier alpha value is -3.46. The van der Waals surface area contributed by atoms with Crippen molar-refractivity contribution in [3.05, 3.63) is 64.6 Å². The number of carbonyl (C=O) groups excluding carboxylic acids is 3. The molecule has 1 aliphatic rings. The molecule has 8 nitrogen and oxygen atoms in total. The summed E-state index contributed by atoms with van der Waals surface area (Å²) in [7, 11) is 0. The monoisotopic (exact) mass is 471 g/mol. The number of nitrogens with zero attached hydrogens (tertiary/aromatic N) is 3. The lowest BCUT2D eigenvalue weighted by molar-refractivity contribution is -0.141. The zero-order chi connectivity index (χ0) is 23.7. The van der Waals surface area contributed by atoms with Gasteiger partial charge in [-0.25, -0.2) is 4.39 Å². The number of benzene rings is 2. The maximum absolute atomic E-state index is 14.1. The number of fused-ring (bicyclic) bond motifs is 1. The van der Waals surface area contributed by atoms with Crippen molar-refractivity contribution in [1.82, 2.24) is 20.0 Å². The van der Waals surface area contributed by atoms with Crippen molar-refractivity contribution < 1.29 is 18.8 Å². The van der Waals surface area contributed by atoms with Crippen LogP contribution in [0.25, 0.3) is 10.9 Å². The minimum Gasteiger partial charge on any atom is -0.364 e. The molecule has 1 heterocycles. The maximum atomic E-state index is 14.1. The average Bonchev–Trinajstić information content (AvgIpc) is 3.55. The minimum atomic E-state index is -0.773. The molecule has 2 aromatic carbocycles. The van der Waals surface area contributed by atoms with Gasteiger partial charge in [0.2, 0.25) is 11.8 Å². The van der Waals surface area contributed by atoms with Crippen LogP contribution in [0, 0.1) is 5.82 Å². The van der Waals surface area contributed by atoms with E-state index in [1.54, 1.807) is 37.3 Å². The molecule has 0 saturated heterocycles. The summed E-state index contributed by atoms with van der Waals surface area (Å²) in [6.45, 7) is 1.44. The summed E-state index contributed by atoms with van der Waals surface area (Å²) >= 11 is 5.80. The first-order valence-corrected chi connectivity index (χ1v) is 10.9. The van der Waals surface area contributed by atoms with Crippen molar-refractivity contribution in [3.8, 4) is 0 Å². The highest BCUT2D eigenvalue weighted by molar-refractivity contribution is 6.30. The molecule has 0 unspecified atom stereocenters. The van der Waals surface area contributed by atoms with Gasteiger partial charge in [-0.2, -0.15) is 5.10 Å². The third-order valence-corrected chi connectivity index (χ3v) is 5.98. The van der Waals surface area contributed by atoms with Crippen LogP contribution in [0.2, 0.25) is 5.02 Å². The van der Waals surface area contributed by atoms with Crippen molar-refractivity contribution in [2.24, 2.45) is 5.73 Å². The van der Waals surface area contributed by atoms with Crippen LogP contribution in [0.4, 0.5) is 4.39 Å². The predicted octanol–water partition coefficient (Wildman–Crippen LogP) is 2.62. The van der Waals surface area contributed by atoms with E-state index in [2.05, 4.69) is 10.4 Å². The van der Waals surface area contributed by atoms with Crippen LogP contribution in [-0.2, 0) is 22.7 Å². The molecule has 1 aliphatic carbocycles. The zero-order valence-corrected chi connectivity index (χ0v) is 18.7. The van der Waals surface area contributed by atoms with Crippen LogP contribution in [0.5, 0.6) is 0 Å². The normalized spacial score (nSPS) is 14.2. The molecule has 0 spiro atoms. The molecule has 1 atom stereocenters. The Morgan fingerprint density at radius 3 is 2.67 bits per heavy atom. The first-order chi connectivity index (χ1) is 15.8. The van der Waals surface area contributed by atoms with E-state index in [1.165, 1.54) is 21.7 Å². The van der Waals surface area contributed by atoms with E-state index in [9.17, 15) is 18.8 Å². The summed E-state index contributed by atoms with van der Waals surface area (Å²) < 4.78 is 15.5. The Morgan fingerprint density at radius 2 is 1.97 bits per heavy atom. The van der Waals surface area contributed by atoms with Gasteiger partial charge in [0.1, 0.15) is 18.4 Å². The number of rotatable bonds is 8. The van der Waals surface area contributed by atoms with Crippen LogP contribution in [-0.4, -0.2) is 44.5 Å². The highest BCUT2D eigenvalue weighted by Gasteiger charge is 2.38. The number of carbonyl (C=O) groups is 3. The van der Waals surface area contributed by atoms with Crippen molar-refractivity contribution >= 4 is 40.2 Å². The largest absolute Gasteiger partial charge is 0.364 e. The van der Waals surface area contributed by atoms with Gasteiger partial charge < -0.3 is 16.0 Å². The molecule has 10 heteroatoms. The molecule has 0 radical (unpaired) electrons. The molecule has 172 valence electrons. The van der Waals surface area contributed by atoms with Crippen LogP contribution in [0.1, 0.15) is 35.8 Å². The van der Waals surface area contributed by atoms with E-state index in [4.69, 9.17) is 17.3 Å². The van der Waals surface area contributed by atoms with Crippen LogP contribution >= 0.6 is 11.6 Å². The summed E-state index contributed by atoms with van der Waals surface area (Å²) in [5.74, 6) is -1.98. The van der Waals surface area contributed by atoms with Crippen molar-refractivity contribution in [2.75, 3.05) is 0 Å². The molecule has 3 N–H and O–H groups in total. The molecule has 0 aliphatic heterocycles. The van der Waals surface area contributed by atoms with Crippen molar-refractivity contribution in [1.29, 1.82) is 0 Å². The lowest BCUT2D eigenvalue weighted by Crippen LogP contribution is -2.50. The molecular weight excluding hydrogens is 449 g/mol.